The van der Waals surface area contributed by atoms with Gasteiger partial charge in [0.25, 0.3) is 0 Å². The minimum atomic E-state index is -0.107. The standard InChI is InChI=1S/C18H23N3O4/c1-21(12-17-19-16(20-25-17)8-9-23-2)18(22)14-7-10-24-15-6-4-3-5-13(15)11-14/h3-6,14H,7-12H2,1-2H3. The number of hydrogen-bond acceptors (Lipinski definition) is 6. The van der Waals surface area contributed by atoms with E-state index in [9.17, 15) is 4.79 Å². The molecule has 0 radical (unpaired) electrons. The third-order valence-electron chi connectivity index (χ3n) is 4.30. The van der Waals surface area contributed by atoms with E-state index in [4.69, 9.17) is 14.0 Å². The molecule has 134 valence electrons. The van der Waals surface area contributed by atoms with Crippen molar-refractivity contribution in [3.63, 3.8) is 0 Å². The van der Waals surface area contributed by atoms with Crippen LogP contribution in [0.5, 0.6) is 5.75 Å². The number of ether oxygens (including phenoxy) is 2. The number of rotatable bonds is 6. The molecule has 3 rings (SSSR count). The highest BCUT2D eigenvalue weighted by atomic mass is 16.5. The van der Waals surface area contributed by atoms with Gasteiger partial charge in [-0.1, -0.05) is 23.4 Å². The van der Waals surface area contributed by atoms with Gasteiger partial charge < -0.3 is 18.9 Å². The van der Waals surface area contributed by atoms with Crippen LogP contribution in [0, 0.1) is 5.92 Å². The summed E-state index contributed by atoms with van der Waals surface area (Å²) in [5.74, 6) is 1.86. The van der Waals surface area contributed by atoms with Crippen molar-refractivity contribution in [2.24, 2.45) is 5.92 Å². The first-order valence-corrected chi connectivity index (χ1v) is 8.43. The van der Waals surface area contributed by atoms with Crippen molar-refractivity contribution < 1.29 is 18.8 Å². The van der Waals surface area contributed by atoms with Gasteiger partial charge in [-0.2, -0.15) is 4.98 Å². The number of fused-ring (bicyclic) bond motifs is 1. The molecule has 0 aliphatic carbocycles. The number of benzene rings is 1. The van der Waals surface area contributed by atoms with Crippen molar-refractivity contribution in [1.82, 2.24) is 15.0 Å². The smallest absolute Gasteiger partial charge is 0.246 e. The van der Waals surface area contributed by atoms with E-state index in [1.807, 2.05) is 24.3 Å². The van der Waals surface area contributed by atoms with Crippen LogP contribution in [0.1, 0.15) is 23.7 Å². The van der Waals surface area contributed by atoms with Crippen LogP contribution in [0.4, 0.5) is 0 Å². The van der Waals surface area contributed by atoms with E-state index in [2.05, 4.69) is 10.1 Å². The van der Waals surface area contributed by atoms with Crippen LogP contribution >= 0.6 is 0 Å². The molecule has 1 aromatic heterocycles. The van der Waals surface area contributed by atoms with Gasteiger partial charge in [-0.15, -0.1) is 0 Å². The Morgan fingerprint density at radius 3 is 3.08 bits per heavy atom. The quantitative estimate of drug-likeness (QED) is 0.795. The van der Waals surface area contributed by atoms with Crippen LogP contribution in [0.3, 0.4) is 0 Å². The number of hydrogen-bond donors (Lipinski definition) is 0. The molecule has 1 atom stereocenters. The van der Waals surface area contributed by atoms with Gasteiger partial charge in [0.1, 0.15) is 5.75 Å². The Kier molecular flexibility index (Phi) is 5.65. The fourth-order valence-corrected chi connectivity index (χ4v) is 2.94. The molecule has 2 heterocycles. The van der Waals surface area contributed by atoms with E-state index in [1.165, 1.54) is 0 Å². The Bertz CT molecular complexity index is 716. The van der Waals surface area contributed by atoms with Crippen LogP contribution in [0.2, 0.25) is 0 Å². The second kappa shape index (κ2) is 8.11. The summed E-state index contributed by atoms with van der Waals surface area (Å²) < 4.78 is 16.0. The lowest BCUT2D eigenvalue weighted by Crippen LogP contribution is -2.34. The summed E-state index contributed by atoms with van der Waals surface area (Å²) in [5, 5.41) is 3.90. The van der Waals surface area contributed by atoms with Crippen LogP contribution in [0.25, 0.3) is 0 Å². The number of amides is 1. The maximum Gasteiger partial charge on any atom is 0.246 e. The summed E-state index contributed by atoms with van der Waals surface area (Å²) in [5.41, 5.74) is 1.08. The number of carbonyl (C=O) groups excluding carboxylic acids is 1. The van der Waals surface area contributed by atoms with Crippen molar-refractivity contribution in [3.05, 3.63) is 41.5 Å². The van der Waals surface area contributed by atoms with Gasteiger partial charge in [-0.25, -0.2) is 0 Å². The Morgan fingerprint density at radius 2 is 2.24 bits per heavy atom. The van der Waals surface area contributed by atoms with Crippen molar-refractivity contribution >= 4 is 5.91 Å². The normalized spacial score (nSPS) is 16.6. The molecule has 1 unspecified atom stereocenters. The topological polar surface area (TPSA) is 77.7 Å². The Balaban J connectivity index is 1.61. The molecule has 7 heteroatoms. The average molecular weight is 345 g/mol. The first kappa shape index (κ1) is 17.4. The number of carbonyl (C=O) groups is 1. The van der Waals surface area contributed by atoms with Gasteiger partial charge in [0.15, 0.2) is 5.82 Å². The van der Waals surface area contributed by atoms with Crippen LogP contribution in [0.15, 0.2) is 28.8 Å². The molecule has 0 saturated heterocycles. The second-order valence-corrected chi connectivity index (χ2v) is 6.19. The highest BCUT2D eigenvalue weighted by Gasteiger charge is 2.27. The molecular weight excluding hydrogens is 322 g/mol. The molecule has 0 bridgehead atoms. The summed E-state index contributed by atoms with van der Waals surface area (Å²) in [6, 6.07) is 7.88. The molecule has 0 N–H and O–H groups in total. The van der Waals surface area contributed by atoms with Crippen molar-refractivity contribution in [2.45, 2.75) is 25.8 Å². The van der Waals surface area contributed by atoms with Gasteiger partial charge in [0.2, 0.25) is 11.8 Å². The van der Waals surface area contributed by atoms with Crippen molar-refractivity contribution in [2.75, 3.05) is 27.4 Å². The summed E-state index contributed by atoms with van der Waals surface area (Å²) in [4.78, 5) is 18.7. The van der Waals surface area contributed by atoms with Crippen LogP contribution in [-0.2, 0) is 28.9 Å². The van der Waals surface area contributed by atoms with Gasteiger partial charge >= 0.3 is 0 Å². The SMILES string of the molecule is COCCc1noc(CN(C)C(=O)C2CCOc3ccccc3C2)n1. The van der Waals surface area contributed by atoms with E-state index in [0.29, 0.717) is 50.7 Å². The van der Waals surface area contributed by atoms with Gasteiger partial charge in [0.05, 0.1) is 19.8 Å². The average Bonchev–Trinajstić information content (AvgIpc) is 2.95. The molecule has 1 aliphatic heterocycles. The Morgan fingerprint density at radius 1 is 1.40 bits per heavy atom. The third kappa shape index (κ3) is 4.36. The predicted molar refractivity (Wildman–Crippen MR) is 90.1 cm³/mol. The molecule has 0 fully saturated rings. The zero-order valence-corrected chi connectivity index (χ0v) is 14.6. The summed E-state index contributed by atoms with van der Waals surface area (Å²) in [7, 11) is 3.39. The molecule has 1 aliphatic rings. The summed E-state index contributed by atoms with van der Waals surface area (Å²) >= 11 is 0. The molecule has 1 aromatic carbocycles. The molecular formula is C18H23N3O4. The fraction of sp³-hybridized carbons (Fsp3) is 0.500. The summed E-state index contributed by atoms with van der Waals surface area (Å²) in [6.45, 7) is 1.38. The molecule has 0 saturated carbocycles. The predicted octanol–water partition coefficient (Wildman–Crippen LogP) is 1.86. The summed E-state index contributed by atoms with van der Waals surface area (Å²) in [6.07, 6.45) is 1.97. The van der Waals surface area contributed by atoms with E-state index in [-0.39, 0.29) is 11.8 Å². The van der Waals surface area contributed by atoms with Crippen LogP contribution in [-0.4, -0.2) is 48.3 Å². The van der Waals surface area contributed by atoms with Crippen molar-refractivity contribution in [3.8, 4) is 5.75 Å². The highest BCUT2D eigenvalue weighted by molar-refractivity contribution is 5.79. The lowest BCUT2D eigenvalue weighted by molar-refractivity contribution is -0.135. The lowest BCUT2D eigenvalue weighted by Gasteiger charge is -2.21. The maximum atomic E-state index is 12.8. The molecule has 7 nitrogen and oxygen atoms in total. The fourth-order valence-electron chi connectivity index (χ4n) is 2.94. The third-order valence-corrected chi connectivity index (χ3v) is 4.30. The highest BCUT2D eigenvalue weighted by Crippen LogP contribution is 2.27. The maximum absolute atomic E-state index is 12.8. The molecule has 25 heavy (non-hydrogen) atoms. The zero-order valence-electron chi connectivity index (χ0n) is 14.6. The lowest BCUT2D eigenvalue weighted by atomic mass is 9.95. The molecule has 2 aromatic rings. The van der Waals surface area contributed by atoms with E-state index in [0.717, 1.165) is 11.3 Å². The Hall–Kier alpha value is -2.41. The molecule has 1 amide bonds. The minimum absolute atomic E-state index is 0.0666. The largest absolute Gasteiger partial charge is 0.493 e. The Labute approximate surface area is 146 Å². The monoisotopic (exact) mass is 345 g/mol. The first-order valence-electron chi connectivity index (χ1n) is 8.43. The molecule has 0 spiro atoms. The number of aromatic nitrogens is 2. The van der Waals surface area contributed by atoms with Gasteiger partial charge in [-0.05, 0) is 24.5 Å². The minimum Gasteiger partial charge on any atom is -0.493 e. The van der Waals surface area contributed by atoms with E-state index < -0.39 is 0 Å². The first-order chi connectivity index (χ1) is 12.2. The second-order valence-electron chi connectivity index (χ2n) is 6.19. The van der Waals surface area contributed by atoms with E-state index in [1.54, 1.807) is 19.1 Å². The van der Waals surface area contributed by atoms with Crippen LogP contribution < -0.4 is 4.74 Å². The number of para-hydroxylation sites is 1. The van der Waals surface area contributed by atoms with Gasteiger partial charge in [-0.3, -0.25) is 4.79 Å². The van der Waals surface area contributed by atoms with Gasteiger partial charge in [0, 0.05) is 26.5 Å². The zero-order chi connectivity index (χ0) is 17.6. The number of nitrogens with zero attached hydrogens (tertiary/aromatic N) is 3. The van der Waals surface area contributed by atoms with E-state index >= 15 is 0 Å². The number of methoxy groups -OCH3 is 1. The van der Waals surface area contributed by atoms with Crippen molar-refractivity contribution in [1.29, 1.82) is 0 Å².